The number of aryl methyl sites for hydroxylation is 2. The van der Waals surface area contributed by atoms with Crippen molar-refractivity contribution < 1.29 is 14.4 Å². The van der Waals surface area contributed by atoms with Crippen molar-refractivity contribution in [1.29, 1.82) is 0 Å². The van der Waals surface area contributed by atoms with E-state index >= 15 is 0 Å². The van der Waals surface area contributed by atoms with E-state index in [1.54, 1.807) is 36.4 Å². The molecule has 1 aliphatic heterocycles. The molecule has 3 amide bonds. The van der Waals surface area contributed by atoms with E-state index < -0.39 is 0 Å². The number of nitrogens with zero attached hydrogens (tertiary/aromatic N) is 1. The Balaban J connectivity index is 1.57. The molecule has 0 fully saturated rings. The van der Waals surface area contributed by atoms with Crippen molar-refractivity contribution in [2.45, 2.75) is 13.8 Å². The normalized spacial score (nSPS) is 12.9. The maximum atomic E-state index is 12.7. The Morgan fingerprint density at radius 3 is 2.21 bits per heavy atom. The molecular weight excluding hydrogens is 352 g/mol. The molecule has 1 N–H and O–H groups in total. The zero-order valence-electron chi connectivity index (χ0n) is 15.5. The van der Waals surface area contributed by atoms with Crippen LogP contribution >= 0.6 is 0 Å². The van der Waals surface area contributed by atoms with Crippen molar-refractivity contribution >= 4 is 29.1 Å². The van der Waals surface area contributed by atoms with E-state index in [0.29, 0.717) is 22.4 Å². The number of anilines is 2. The third-order valence-electron chi connectivity index (χ3n) is 4.82. The summed E-state index contributed by atoms with van der Waals surface area (Å²) in [6, 6.07) is 19.2. The first-order chi connectivity index (χ1) is 13.5. The molecule has 0 atom stereocenters. The van der Waals surface area contributed by atoms with Crippen LogP contribution in [-0.2, 0) is 0 Å². The topological polar surface area (TPSA) is 66.5 Å². The van der Waals surface area contributed by atoms with Crippen LogP contribution in [0.3, 0.4) is 0 Å². The summed E-state index contributed by atoms with van der Waals surface area (Å²) in [5.41, 5.74) is 4.32. The highest BCUT2D eigenvalue weighted by Gasteiger charge is 2.36. The average Bonchev–Trinajstić information content (AvgIpc) is 2.93. The Kier molecular flexibility index (Phi) is 4.28. The summed E-state index contributed by atoms with van der Waals surface area (Å²) in [6.45, 7) is 3.80. The Labute approximate surface area is 162 Å². The Bertz CT molecular complexity index is 1120. The first-order valence-electron chi connectivity index (χ1n) is 8.92. The van der Waals surface area contributed by atoms with Gasteiger partial charge in [0.15, 0.2) is 0 Å². The number of amides is 3. The third-order valence-corrected chi connectivity index (χ3v) is 4.82. The van der Waals surface area contributed by atoms with Crippen LogP contribution in [0.25, 0.3) is 0 Å². The number of carbonyl (C=O) groups excluding carboxylic acids is 3. The molecule has 0 saturated carbocycles. The van der Waals surface area contributed by atoms with Gasteiger partial charge < -0.3 is 5.32 Å². The smallest absolute Gasteiger partial charge is 0.266 e. The van der Waals surface area contributed by atoms with Gasteiger partial charge in [0.05, 0.1) is 16.8 Å². The fourth-order valence-corrected chi connectivity index (χ4v) is 3.26. The van der Waals surface area contributed by atoms with Crippen molar-refractivity contribution in [3.05, 3.63) is 94.5 Å². The van der Waals surface area contributed by atoms with Crippen molar-refractivity contribution in [2.75, 3.05) is 10.2 Å². The summed E-state index contributed by atoms with van der Waals surface area (Å²) in [5, 5.41) is 2.87. The Morgan fingerprint density at radius 1 is 0.821 bits per heavy atom. The molecule has 0 spiro atoms. The molecule has 5 heteroatoms. The number of imide groups is 1. The Morgan fingerprint density at radius 2 is 1.50 bits per heavy atom. The van der Waals surface area contributed by atoms with Gasteiger partial charge in [0.1, 0.15) is 0 Å². The lowest BCUT2D eigenvalue weighted by molar-refractivity contribution is 0.0925. The first kappa shape index (κ1) is 17.7. The van der Waals surface area contributed by atoms with E-state index in [1.165, 1.54) is 0 Å². The van der Waals surface area contributed by atoms with Gasteiger partial charge in [-0.1, -0.05) is 29.8 Å². The van der Waals surface area contributed by atoms with Crippen LogP contribution in [0.2, 0.25) is 0 Å². The van der Waals surface area contributed by atoms with Crippen molar-refractivity contribution in [3.63, 3.8) is 0 Å². The highest BCUT2D eigenvalue weighted by atomic mass is 16.2. The van der Waals surface area contributed by atoms with Gasteiger partial charge in [0.25, 0.3) is 17.7 Å². The predicted molar refractivity (Wildman–Crippen MR) is 108 cm³/mol. The maximum Gasteiger partial charge on any atom is 0.266 e. The Hall–Kier alpha value is -3.73. The summed E-state index contributed by atoms with van der Waals surface area (Å²) in [5.74, 6) is -0.947. The average molecular weight is 370 g/mol. The third kappa shape index (κ3) is 2.97. The maximum absolute atomic E-state index is 12.7. The molecule has 1 aliphatic rings. The van der Waals surface area contributed by atoms with Gasteiger partial charge in [0, 0.05) is 11.3 Å². The van der Waals surface area contributed by atoms with Crippen LogP contribution < -0.4 is 10.2 Å². The summed E-state index contributed by atoms with van der Waals surface area (Å²) >= 11 is 0. The molecule has 3 aromatic rings. The molecule has 0 bridgehead atoms. The number of rotatable bonds is 3. The van der Waals surface area contributed by atoms with Crippen LogP contribution in [0.15, 0.2) is 66.7 Å². The van der Waals surface area contributed by atoms with E-state index in [4.69, 9.17) is 0 Å². The largest absolute Gasteiger partial charge is 0.322 e. The number of hydrogen-bond donors (Lipinski definition) is 1. The van der Waals surface area contributed by atoms with E-state index in [9.17, 15) is 14.4 Å². The molecule has 1 heterocycles. The zero-order valence-corrected chi connectivity index (χ0v) is 15.5. The van der Waals surface area contributed by atoms with Crippen LogP contribution in [0.5, 0.6) is 0 Å². The second-order valence-corrected chi connectivity index (χ2v) is 6.81. The fourth-order valence-electron chi connectivity index (χ4n) is 3.26. The van der Waals surface area contributed by atoms with Gasteiger partial charge in [-0.15, -0.1) is 0 Å². The van der Waals surface area contributed by atoms with Crippen molar-refractivity contribution in [3.8, 4) is 0 Å². The fraction of sp³-hybridized carbons (Fsp3) is 0.0870. The van der Waals surface area contributed by atoms with E-state index in [-0.39, 0.29) is 17.7 Å². The summed E-state index contributed by atoms with van der Waals surface area (Å²) in [7, 11) is 0. The zero-order chi connectivity index (χ0) is 19.8. The van der Waals surface area contributed by atoms with Gasteiger partial charge in [-0.25, -0.2) is 4.90 Å². The number of benzene rings is 3. The van der Waals surface area contributed by atoms with Crippen molar-refractivity contribution in [2.24, 2.45) is 0 Å². The van der Waals surface area contributed by atoms with Gasteiger partial charge in [-0.05, 0) is 61.9 Å². The van der Waals surface area contributed by atoms with E-state index in [0.717, 1.165) is 21.7 Å². The molecule has 4 rings (SSSR count). The number of carbonyl (C=O) groups is 3. The van der Waals surface area contributed by atoms with Gasteiger partial charge in [-0.3, -0.25) is 14.4 Å². The quantitative estimate of drug-likeness (QED) is 0.697. The van der Waals surface area contributed by atoms with E-state index in [1.807, 2.05) is 44.2 Å². The molecule has 0 radical (unpaired) electrons. The van der Waals surface area contributed by atoms with Gasteiger partial charge in [0.2, 0.25) is 0 Å². The number of fused-ring (bicyclic) bond motifs is 1. The lowest BCUT2D eigenvalue weighted by Gasteiger charge is -2.14. The highest BCUT2D eigenvalue weighted by Crippen LogP contribution is 2.29. The monoisotopic (exact) mass is 370 g/mol. The second kappa shape index (κ2) is 6.78. The van der Waals surface area contributed by atoms with Crippen molar-refractivity contribution in [1.82, 2.24) is 0 Å². The second-order valence-electron chi connectivity index (χ2n) is 6.81. The minimum absolute atomic E-state index is 0.251. The van der Waals surface area contributed by atoms with Gasteiger partial charge >= 0.3 is 0 Å². The summed E-state index contributed by atoms with van der Waals surface area (Å²) in [6.07, 6.45) is 0. The molecule has 0 unspecified atom stereocenters. The lowest BCUT2D eigenvalue weighted by Crippen LogP contribution is -2.29. The SMILES string of the molecule is Cc1ccc2c(c1)C(=O)N(c1ccc(C(=O)Nc3ccccc3C)cc1)C2=O. The van der Waals surface area contributed by atoms with E-state index in [2.05, 4.69) is 5.32 Å². The number of nitrogens with one attached hydrogen (secondary N) is 1. The number of hydrogen-bond acceptors (Lipinski definition) is 3. The molecule has 28 heavy (non-hydrogen) atoms. The molecule has 138 valence electrons. The van der Waals surface area contributed by atoms with Crippen LogP contribution in [0.4, 0.5) is 11.4 Å². The van der Waals surface area contributed by atoms with Gasteiger partial charge in [-0.2, -0.15) is 0 Å². The lowest BCUT2D eigenvalue weighted by atomic mass is 10.1. The molecule has 3 aromatic carbocycles. The summed E-state index contributed by atoms with van der Waals surface area (Å²) < 4.78 is 0. The van der Waals surface area contributed by atoms with Crippen LogP contribution in [-0.4, -0.2) is 17.7 Å². The first-order valence-corrected chi connectivity index (χ1v) is 8.92. The minimum atomic E-state index is -0.350. The molecule has 5 nitrogen and oxygen atoms in total. The summed E-state index contributed by atoms with van der Waals surface area (Å²) in [4.78, 5) is 39.0. The minimum Gasteiger partial charge on any atom is -0.322 e. The predicted octanol–water partition coefficient (Wildman–Crippen LogP) is 4.36. The standard InChI is InChI=1S/C23H18N2O3/c1-14-7-12-18-19(13-14)23(28)25(22(18)27)17-10-8-16(9-11-17)21(26)24-20-6-4-3-5-15(20)2/h3-13H,1-2H3,(H,24,26). The molecule has 0 aliphatic carbocycles. The number of para-hydroxylation sites is 1. The molecule has 0 saturated heterocycles. The van der Waals surface area contributed by atoms with Crippen LogP contribution in [0.1, 0.15) is 42.2 Å². The van der Waals surface area contributed by atoms with Crippen LogP contribution in [0, 0.1) is 13.8 Å². The molecule has 0 aromatic heterocycles. The highest BCUT2D eigenvalue weighted by molar-refractivity contribution is 6.34. The molecular formula is C23H18N2O3.